The SMILES string of the molecule is COc1ccc(C2NC(Cc3ccc([N+](=O)[O-])cc3)(C(=O)O)C3C(=O)N(c4ccc(C)c(Cl)c4)C(=O)C23)c(OC)c1C. The molecule has 2 saturated heterocycles. The number of nitro groups is 1. The van der Waals surface area contributed by atoms with E-state index < -0.39 is 46.1 Å². The zero-order chi connectivity index (χ0) is 30.5. The van der Waals surface area contributed by atoms with Crippen LogP contribution in [0.3, 0.4) is 0 Å². The van der Waals surface area contributed by atoms with Gasteiger partial charge in [0.2, 0.25) is 11.8 Å². The van der Waals surface area contributed by atoms with Gasteiger partial charge in [-0.1, -0.05) is 35.9 Å². The van der Waals surface area contributed by atoms with E-state index in [1.165, 1.54) is 44.6 Å². The molecule has 12 heteroatoms. The topological polar surface area (TPSA) is 148 Å². The monoisotopic (exact) mass is 593 g/mol. The first-order chi connectivity index (χ1) is 19.9. The summed E-state index contributed by atoms with van der Waals surface area (Å²) >= 11 is 6.34. The Bertz CT molecular complexity index is 1630. The summed E-state index contributed by atoms with van der Waals surface area (Å²) in [4.78, 5) is 53.2. The quantitative estimate of drug-likeness (QED) is 0.220. The lowest BCUT2D eigenvalue weighted by Gasteiger charge is -2.31. The fourth-order valence-electron chi connectivity index (χ4n) is 6.17. The van der Waals surface area contributed by atoms with Gasteiger partial charge >= 0.3 is 5.97 Å². The van der Waals surface area contributed by atoms with Crippen LogP contribution in [0.2, 0.25) is 5.02 Å². The molecule has 2 heterocycles. The zero-order valence-corrected chi connectivity index (χ0v) is 24.0. The number of aliphatic carboxylic acids is 1. The number of anilines is 1. The van der Waals surface area contributed by atoms with Crippen molar-refractivity contribution < 1.29 is 33.9 Å². The highest BCUT2D eigenvalue weighted by Crippen LogP contribution is 2.53. The van der Waals surface area contributed by atoms with Gasteiger partial charge in [-0.05, 0) is 43.2 Å². The maximum Gasteiger partial charge on any atom is 0.325 e. The molecule has 218 valence electrons. The number of hydrogen-bond acceptors (Lipinski definition) is 8. The van der Waals surface area contributed by atoms with Gasteiger partial charge in [0.25, 0.3) is 5.69 Å². The third kappa shape index (κ3) is 4.45. The van der Waals surface area contributed by atoms with Crippen LogP contribution in [0, 0.1) is 35.8 Å². The molecule has 0 radical (unpaired) electrons. The second-order valence-electron chi connectivity index (χ2n) is 10.5. The van der Waals surface area contributed by atoms with Crippen molar-refractivity contribution in [2.75, 3.05) is 19.1 Å². The highest BCUT2D eigenvalue weighted by Gasteiger charge is 2.69. The molecule has 0 aliphatic carbocycles. The summed E-state index contributed by atoms with van der Waals surface area (Å²) in [6, 6.07) is 12.7. The predicted octanol–water partition coefficient (Wildman–Crippen LogP) is 4.40. The number of non-ortho nitro benzene ring substituents is 1. The van der Waals surface area contributed by atoms with E-state index in [9.17, 15) is 29.6 Å². The molecule has 2 N–H and O–H groups in total. The Morgan fingerprint density at radius 3 is 2.33 bits per heavy atom. The van der Waals surface area contributed by atoms with E-state index in [2.05, 4.69) is 5.32 Å². The number of nitrogens with zero attached hydrogens (tertiary/aromatic N) is 2. The van der Waals surface area contributed by atoms with Crippen molar-refractivity contribution in [1.82, 2.24) is 5.32 Å². The van der Waals surface area contributed by atoms with Crippen LogP contribution >= 0.6 is 11.6 Å². The molecule has 2 fully saturated rings. The Labute approximate surface area is 246 Å². The number of aryl methyl sites for hydroxylation is 1. The lowest BCUT2D eigenvalue weighted by atomic mass is 9.76. The number of benzene rings is 3. The molecule has 3 aromatic rings. The number of carbonyl (C=O) groups excluding carboxylic acids is 2. The van der Waals surface area contributed by atoms with Crippen molar-refractivity contribution in [3.05, 3.63) is 92.0 Å². The third-order valence-electron chi connectivity index (χ3n) is 8.23. The van der Waals surface area contributed by atoms with Crippen LogP contribution in [0.5, 0.6) is 11.5 Å². The van der Waals surface area contributed by atoms with Gasteiger partial charge < -0.3 is 14.6 Å². The van der Waals surface area contributed by atoms with Crippen molar-refractivity contribution in [1.29, 1.82) is 0 Å². The van der Waals surface area contributed by atoms with Crippen LogP contribution in [-0.2, 0) is 20.8 Å². The molecule has 0 bridgehead atoms. The van der Waals surface area contributed by atoms with Gasteiger partial charge in [0, 0.05) is 40.7 Å². The highest BCUT2D eigenvalue weighted by molar-refractivity contribution is 6.32. The lowest BCUT2D eigenvalue weighted by Crippen LogP contribution is -2.57. The first-order valence-electron chi connectivity index (χ1n) is 13.0. The summed E-state index contributed by atoms with van der Waals surface area (Å²) < 4.78 is 11.1. The largest absolute Gasteiger partial charge is 0.496 e. The summed E-state index contributed by atoms with van der Waals surface area (Å²) in [6.45, 7) is 3.56. The van der Waals surface area contributed by atoms with Gasteiger partial charge in [-0.3, -0.25) is 29.8 Å². The maximum atomic E-state index is 14.2. The van der Waals surface area contributed by atoms with Crippen LogP contribution in [0.15, 0.2) is 54.6 Å². The fourth-order valence-corrected chi connectivity index (χ4v) is 6.34. The number of ether oxygens (including phenoxy) is 2. The molecule has 4 atom stereocenters. The minimum Gasteiger partial charge on any atom is -0.496 e. The number of carboxylic acids is 1. The average Bonchev–Trinajstić information content (AvgIpc) is 3.43. The number of nitro benzene ring substituents is 1. The Kier molecular flexibility index (Phi) is 7.42. The number of fused-ring (bicyclic) bond motifs is 1. The summed E-state index contributed by atoms with van der Waals surface area (Å²) in [6.07, 6.45) is -0.225. The molecular weight excluding hydrogens is 566 g/mol. The summed E-state index contributed by atoms with van der Waals surface area (Å²) in [5.74, 6) is -4.13. The number of hydrogen-bond donors (Lipinski definition) is 2. The number of imide groups is 1. The van der Waals surface area contributed by atoms with Crippen LogP contribution in [0.25, 0.3) is 0 Å². The zero-order valence-electron chi connectivity index (χ0n) is 23.2. The third-order valence-corrected chi connectivity index (χ3v) is 8.63. The molecule has 2 amide bonds. The molecule has 0 aromatic heterocycles. The molecule has 0 saturated carbocycles. The Hall–Kier alpha value is -4.48. The van der Waals surface area contributed by atoms with Gasteiger partial charge in [0.1, 0.15) is 17.0 Å². The Balaban J connectivity index is 1.69. The molecule has 4 unspecified atom stereocenters. The molecular formula is C30H28ClN3O8. The molecule has 11 nitrogen and oxygen atoms in total. The number of amides is 2. The standard InChI is InChI=1S/C30H28ClN3O8/c1-15-5-8-19(13-21(15)31)33-27(35)23-24(28(33)36)30(29(37)38,14-17-6-9-18(10-7-17)34(39)40)32-25(23)20-11-12-22(41-3)16(2)26(20)42-4/h5-13,23-25,32H,14H2,1-4H3,(H,37,38). The van der Waals surface area contributed by atoms with Crippen molar-refractivity contribution in [3.8, 4) is 11.5 Å². The second kappa shape index (κ2) is 10.7. The predicted molar refractivity (Wildman–Crippen MR) is 153 cm³/mol. The molecule has 2 aliphatic rings. The van der Waals surface area contributed by atoms with Gasteiger partial charge in [0.15, 0.2) is 0 Å². The molecule has 3 aromatic carbocycles. The maximum absolute atomic E-state index is 14.2. The fraction of sp³-hybridized carbons (Fsp3) is 0.300. The number of rotatable bonds is 8. The van der Waals surface area contributed by atoms with Crippen molar-refractivity contribution in [3.63, 3.8) is 0 Å². The van der Waals surface area contributed by atoms with Crippen LogP contribution in [0.4, 0.5) is 11.4 Å². The van der Waals surface area contributed by atoms with Gasteiger partial charge in [0.05, 0.1) is 36.7 Å². The van der Waals surface area contributed by atoms with E-state index in [-0.39, 0.29) is 17.8 Å². The van der Waals surface area contributed by atoms with Gasteiger partial charge in [-0.15, -0.1) is 0 Å². The molecule has 0 spiro atoms. The first-order valence-corrected chi connectivity index (χ1v) is 13.4. The van der Waals surface area contributed by atoms with E-state index in [0.717, 1.165) is 10.5 Å². The average molecular weight is 594 g/mol. The number of carboxylic acid groups (broad SMARTS) is 1. The number of nitrogens with one attached hydrogen (secondary N) is 1. The number of methoxy groups -OCH3 is 2. The first kappa shape index (κ1) is 29.0. The number of carbonyl (C=O) groups is 3. The van der Waals surface area contributed by atoms with E-state index in [0.29, 0.717) is 33.2 Å². The van der Waals surface area contributed by atoms with Crippen LogP contribution < -0.4 is 19.7 Å². The smallest absolute Gasteiger partial charge is 0.325 e. The normalized spacial score (nSPS) is 23.2. The highest BCUT2D eigenvalue weighted by atomic mass is 35.5. The number of halogens is 1. The van der Waals surface area contributed by atoms with Crippen LogP contribution in [-0.4, -0.2) is 47.6 Å². The summed E-state index contributed by atoms with van der Waals surface area (Å²) in [7, 11) is 2.97. The molecule has 5 rings (SSSR count). The summed E-state index contributed by atoms with van der Waals surface area (Å²) in [5, 5.41) is 25.4. The molecule has 42 heavy (non-hydrogen) atoms. The molecule has 2 aliphatic heterocycles. The second-order valence-corrected chi connectivity index (χ2v) is 10.9. The van der Waals surface area contributed by atoms with E-state index in [1.807, 2.05) is 0 Å². The minimum absolute atomic E-state index is 0.161. The van der Waals surface area contributed by atoms with Crippen molar-refractivity contribution >= 4 is 40.8 Å². The van der Waals surface area contributed by atoms with E-state index >= 15 is 0 Å². The lowest BCUT2D eigenvalue weighted by molar-refractivity contribution is -0.384. The Morgan fingerprint density at radius 1 is 1.07 bits per heavy atom. The van der Waals surface area contributed by atoms with E-state index in [1.54, 1.807) is 38.1 Å². The van der Waals surface area contributed by atoms with E-state index in [4.69, 9.17) is 21.1 Å². The van der Waals surface area contributed by atoms with Gasteiger partial charge in [-0.25, -0.2) is 4.90 Å². The van der Waals surface area contributed by atoms with Crippen LogP contribution in [0.1, 0.15) is 28.3 Å². The van der Waals surface area contributed by atoms with Crippen molar-refractivity contribution in [2.24, 2.45) is 11.8 Å². The van der Waals surface area contributed by atoms with Crippen molar-refractivity contribution in [2.45, 2.75) is 31.8 Å². The summed E-state index contributed by atoms with van der Waals surface area (Å²) in [5.41, 5.74) is 0.439. The van der Waals surface area contributed by atoms with Gasteiger partial charge in [-0.2, -0.15) is 0 Å². The minimum atomic E-state index is -1.94. The Morgan fingerprint density at radius 2 is 1.76 bits per heavy atom.